The highest BCUT2D eigenvalue weighted by molar-refractivity contribution is 5.33. The lowest BCUT2D eigenvalue weighted by Gasteiger charge is -2.28. The third-order valence-electron chi connectivity index (χ3n) is 4.86. The van der Waals surface area contributed by atoms with Crippen molar-refractivity contribution < 1.29 is 5.11 Å². The molecule has 2 fully saturated rings. The number of rotatable bonds is 3. The minimum absolute atomic E-state index is 0.363. The van der Waals surface area contributed by atoms with E-state index in [9.17, 15) is 5.11 Å². The third kappa shape index (κ3) is 2.61. The fraction of sp³-hybridized carbons (Fsp3) is 0.647. The van der Waals surface area contributed by atoms with Gasteiger partial charge in [0.05, 0.1) is 5.60 Å². The number of hydrogen-bond donors (Lipinski definition) is 1. The summed E-state index contributed by atoms with van der Waals surface area (Å²) in [7, 11) is 0. The van der Waals surface area contributed by atoms with Crippen LogP contribution in [0.3, 0.4) is 0 Å². The maximum atomic E-state index is 10.1. The average Bonchev–Trinajstić information content (AvgIpc) is 3.09. The Hall–Kier alpha value is -0.820. The summed E-state index contributed by atoms with van der Waals surface area (Å²) in [5.41, 5.74) is 2.56. The Labute approximate surface area is 110 Å². The molecule has 0 saturated heterocycles. The van der Waals surface area contributed by atoms with Gasteiger partial charge < -0.3 is 5.11 Å². The van der Waals surface area contributed by atoms with Gasteiger partial charge >= 0.3 is 0 Å². The summed E-state index contributed by atoms with van der Waals surface area (Å²) in [5, 5.41) is 10.1. The molecule has 0 amide bonds. The summed E-state index contributed by atoms with van der Waals surface area (Å²) in [5.74, 6) is 1.64. The van der Waals surface area contributed by atoms with Crippen molar-refractivity contribution in [3.63, 3.8) is 0 Å². The minimum atomic E-state index is -0.363. The highest BCUT2D eigenvalue weighted by Gasteiger charge is 2.40. The summed E-state index contributed by atoms with van der Waals surface area (Å²) in [4.78, 5) is 0. The zero-order chi connectivity index (χ0) is 12.6. The molecular formula is C17H24O. The monoisotopic (exact) mass is 244 g/mol. The van der Waals surface area contributed by atoms with E-state index >= 15 is 0 Å². The van der Waals surface area contributed by atoms with Crippen LogP contribution >= 0.6 is 0 Å². The second-order valence-electron chi connectivity index (χ2n) is 6.56. The standard InChI is InChI=1S/C17H24O/c1-13-6-8-14(9-7-13)16-5-3-2-4-15(16)12-17(18)10-11-17/h2-5,13-14,18H,6-12H2,1H3. The molecule has 18 heavy (non-hydrogen) atoms. The van der Waals surface area contributed by atoms with Gasteiger partial charge in [0.1, 0.15) is 0 Å². The largest absolute Gasteiger partial charge is 0.390 e. The maximum absolute atomic E-state index is 10.1. The van der Waals surface area contributed by atoms with Crippen molar-refractivity contribution in [1.82, 2.24) is 0 Å². The highest BCUT2D eigenvalue weighted by atomic mass is 16.3. The quantitative estimate of drug-likeness (QED) is 0.850. The molecule has 0 radical (unpaired) electrons. The van der Waals surface area contributed by atoms with E-state index in [0.29, 0.717) is 0 Å². The third-order valence-corrected chi connectivity index (χ3v) is 4.86. The SMILES string of the molecule is CC1CCC(c2ccccc2CC2(O)CC2)CC1. The van der Waals surface area contributed by atoms with E-state index in [1.54, 1.807) is 0 Å². The molecule has 1 heteroatoms. The Morgan fingerprint density at radius 3 is 2.44 bits per heavy atom. The van der Waals surface area contributed by atoms with Crippen LogP contribution in [0.4, 0.5) is 0 Å². The first kappa shape index (κ1) is 12.2. The lowest BCUT2D eigenvalue weighted by Crippen LogP contribution is -2.16. The van der Waals surface area contributed by atoms with Crippen LogP contribution in [0.2, 0.25) is 0 Å². The highest BCUT2D eigenvalue weighted by Crippen LogP contribution is 2.42. The molecule has 1 N–H and O–H groups in total. The summed E-state index contributed by atoms with van der Waals surface area (Å²) < 4.78 is 0. The molecule has 2 saturated carbocycles. The van der Waals surface area contributed by atoms with Crippen molar-refractivity contribution in [1.29, 1.82) is 0 Å². The second-order valence-corrected chi connectivity index (χ2v) is 6.56. The zero-order valence-electron chi connectivity index (χ0n) is 11.4. The van der Waals surface area contributed by atoms with E-state index < -0.39 is 0 Å². The summed E-state index contributed by atoms with van der Waals surface area (Å²) in [6.07, 6.45) is 8.24. The first-order chi connectivity index (χ1) is 8.66. The van der Waals surface area contributed by atoms with Crippen LogP contribution < -0.4 is 0 Å². The molecule has 0 bridgehead atoms. The molecule has 3 rings (SSSR count). The van der Waals surface area contributed by atoms with Crippen LogP contribution in [-0.2, 0) is 6.42 Å². The Bertz CT molecular complexity index is 411. The summed E-state index contributed by atoms with van der Waals surface area (Å²) in [6.45, 7) is 2.37. The smallest absolute Gasteiger partial charge is 0.0690 e. The minimum Gasteiger partial charge on any atom is -0.390 e. The molecule has 0 aliphatic heterocycles. The van der Waals surface area contributed by atoms with E-state index in [2.05, 4.69) is 31.2 Å². The van der Waals surface area contributed by atoms with Crippen molar-refractivity contribution in [2.24, 2.45) is 5.92 Å². The number of hydrogen-bond acceptors (Lipinski definition) is 1. The van der Waals surface area contributed by atoms with Gasteiger partial charge in [0.25, 0.3) is 0 Å². The van der Waals surface area contributed by atoms with Crippen LogP contribution in [-0.4, -0.2) is 10.7 Å². The lowest BCUT2D eigenvalue weighted by molar-refractivity contribution is 0.150. The van der Waals surface area contributed by atoms with Gasteiger partial charge in [0, 0.05) is 6.42 Å². The fourth-order valence-corrected chi connectivity index (χ4v) is 3.34. The molecule has 98 valence electrons. The van der Waals surface area contributed by atoms with Gasteiger partial charge in [-0.2, -0.15) is 0 Å². The first-order valence-electron chi connectivity index (χ1n) is 7.46. The van der Waals surface area contributed by atoms with Crippen LogP contribution in [0, 0.1) is 5.92 Å². The lowest BCUT2D eigenvalue weighted by atomic mass is 9.77. The molecular weight excluding hydrogens is 220 g/mol. The van der Waals surface area contributed by atoms with E-state index in [1.165, 1.54) is 36.8 Å². The maximum Gasteiger partial charge on any atom is 0.0690 e. The Morgan fingerprint density at radius 1 is 1.11 bits per heavy atom. The van der Waals surface area contributed by atoms with Crippen LogP contribution in [0.1, 0.15) is 62.5 Å². The topological polar surface area (TPSA) is 20.2 Å². The molecule has 0 spiro atoms. The van der Waals surface area contributed by atoms with Gasteiger partial charge in [-0.3, -0.25) is 0 Å². The fourth-order valence-electron chi connectivity index (χ4n) is 3.34. The van der Waals surface area contributed by atoms with Gasteiger partial charge in [-0.05, 0) is 48.6 Å². The van der Waals surface area contributed by atoms with E-state index in [1.807, 2.05) is 0 Å². The summed E-state index contributed by atoms with van der Waals surface area (Å²) in [6, 6.07) is 8.80. The predicted octanol–water partition coefficient (Wildman–Crippen LogP) is 4.05. The van der Waals surface area contributed by atoms with Gasteiger partial charge in [0.2, 0.25) is 0 Å². The first-order valence-corrected chi connectivity index (χ1v) is 7.46. The Morgan fingerprint density at radius 2 is 1.78 bits per heavy atom. The zero-order valence-corrected chi connectivity index (χ0v) is 11.4. The predicted molar refractivity (Wildman–Crippen MR) is 74.7 cm³/mol. The van der Waals surface area contributed by atoms with Crippen LogP contribution in [0.15, 0.2) is 24.3 Å². The Kier molecular flexibility index (Phi) is 3.19. The van der Waals surface area contributed by atoms with Crippen LogP contribution in [0.5, 0.6) is 0 Å². The molecule has 1 aromatic carbocycles. The summed E-state index contributed by atoms with van der Waals surface area (Å²) >= 11 is 0. The Balaban J connectivity index is 1.78. The van der Waals surface area contributed by atoms with Crippen molar-refractivity contribution in [2.75, 3.05) is 0 Å². The second kappa shape index (κ2) is 4.70. The van der Waals surface area contributed by atoms with Crippen molar-refractivity contribution in [3.05, 3.63) is 35.4 Å². The number of benzene rings is 1. The van der Waals surface area contributed by atoms with Gasteiger partial charge in [-0.1, -0.05) is 44.0 Å². The van der Waals surface area contributed by atoms with Gasteiger partial charge in [-0.25, -0.2) is 0 Å². The van der Waals surface area contributed by atoms with E-state index in [-0.39, 0.29) is 5.60 Å². The van der Waals surface area contributed by atoms with Crippen LogP contribution in [0.25, 0.3) is 0 Å². The molecule has 0 atom stereocenters. The molecule has 1 aromatic rings. The van der Waals surface area contributed by atoms with Crippen molar-refractivity contribution >= 4 is 0 Å². The molecule has 1 nitrogen and oxygen atoms in total. The molecule has 0 unspecified atom stereocenters. The van der Waals surface area contributed by atoms with Gasteiger partial charge in [0.15, 0.2) is 0 Å². The normalized spacial score (nSPS) is 30.1. The van der Waals surface area contributed by atoms with Crippen molar-refractivity contribution in [2.45, 2.75) is 63.4 Å². The molecule has 2 aliphatic rings. The molecule has 0 aromatic heterocycles. The average molecular weight is 244 g/mol. The van der Waals surface area contributed by atoms with E-state index in [4.69, 9.17) is 0 Å². The number of aliphatic hydroxyl groups is 1. The van der Waals surface area contributed by atoms with E-state index in [0.717, 1.165) is 31.1 Å². The molecule has 2 aliphatic carbocycles. The van der Waals surface area contributed by atoms with Gasteiger partial charge in [-0.15, -0.1) is 0 Å². The molecule has 0 heterocycles. The van der Waals surface area contributed by atoms with Crippen molar-refractivity contribution in [3.8, 4) is 0 Å².